The molecule has 86 valence electrons. The Bertz CT molecular complexity index is 534. The Hall–Kier alpha value is -1.75. The Morgan fingerprint density at radius 2 is 2.12 bits per heavy atom. The standard InChI is InChI=1S/C12H11N3OS/c16-11(14-9-1-2-9)10-7-17-12(15-10)8-3-5-13-6-4-8/h3-7,9H,1-2H2,(H,14,16). The van der Waals surface area contributed by atoms with Gasteiger partial charge < -0.3 is 5.32 Å². The third-order valence-corrected chi connectivity index (χ3v) is 3.47. The maximum absolute atomic E-state index is 11.8. The van der Waals surface area contributed by atoms with Crippen LogP contribution in [-0.4, -0.2) is 21.9 Å². The first-order valence-corrected chi connectivity index (χ1v) is 6.38. The van der Waals surface area contributed by atoms with Crippen molar-refractivity contribution in [1.82, 2.24) is 15.3 Å². The van der Waals surface area contributed by atoms with Gasteiger partial charge in [0.2, 0.25) is 0 Å². The van der Waals surface area contributed by atoms with E-state index in [2.05, 4.69) is 15.3 Å². The first-order valence-electron chi connectivity index (χ1n) is 5.50. The van der Waals surface area contributed by atoms with Crippen molar-refractivity contribution in [2.24, 2.45) is 0 Å². The summed E-state index contributed by atoms with van der Waals surface area (Å²) in [4.78, 5) is 20.1. The predicted octanol–water partition coefficient (Wildman–Crippen LogP) is 2.10. The summed E-state index contributed by atoms with van der Waals surface area (Å²) >= 11 is 1.48. The van der Waals surface area contributed by atoms with Gasteiger partial charge in [0, 0.05) is 29.4 Å². The van der Waals surface area contributed by atoms with Crippen LogP contribution in [0.5, 0.6) is 0 Å². The van der Waals surface area contributed by atoms with E-state index in [0.29, 0.717) is 11.7 Å². The molecule has 1 amide bonds. The van der Waals surface area contributed by atoms with Crippen LogP contribution in [0.15, 0.2) is 29.9 Å². The molecule has 0 aliphatic heterocycles. The van der Waals surface area contributed by atoms with E-state index in [0.717, 1.165) is 23.4 Å². The molecule has 17 heavy (non-hydrogen) atoms. The van der Waals surface area contributed by atoms with Gasteiger partial charge in [0.15, 0.2) is 0 Å². The maximum Gasteiger partial charge on any atom is 0.270 e. The van der Waals surface area contributed by atoms with Crippen molar-refractivity contribution in [3.05, 3.63) is 35.6 Å². The van der Waals surface area contributed by atoms with Gasteiger partial charge in [-0.25, -0.2) is 4.98 Å². The van der Waals surface area contributed by atoms with Crippen LogP contribution in [0.4, 0.5) is 0 Å². The number of carbonyl (C=O) groups is 1. The molecule has 0 radical (unpaired) electrons. The fourth-order valence-electron chi connectivity index (χ4n) is 1.49. The summed E-state index contributed by atoms with van der Waals surface area (Å²) in [7, 11) is 0. The highest BCUT2D eigenvalue weighted by Gasteiger charge is 2.24. The molecular formula is C12H11N3OS. The van der Waals surface area contributed by atoms with Crippen LogP contribution >= 0.6 is 11.3 Å². The van der Waals surface area contributed by atoms with Crippen LogP contribution in [0.1, 0.15) is 23.3 Å². The van der Waals surface area contributed by atoms with E-state index in [1.54, 1.807) is 17.8 Å². The van der Waals surface area contributed by atoms with Crippen LogP contribution in [0.3, 0.4) is 0 Å². The highest BCUT2D eigenvalue weighted by atomic mass is 32.1. The summed E-state index contributed by atoms with van der Waals surface area (Å²) in [5, 5.41) is 5.58. The van der Waals surface area contributed by atoms with Crippen molar-refractivity contribution in [3.63, 3.8) is 0 Å². The molecule has 0 saturated heterocycles. The average molecular weight is 245 g/mol. The van der Waals surface area contributed by atoms with Crippen LogP contribution in [-0.2, 0) is 0 Å². The topological polar surface area (TPSA) is 54.9 Å². The third-order valence-electron chi connectivity index (χ3n) is 2.58. The number of thiazole rings is 1. The van der Waals surface area contributed by atoms with Crippen molar-refractivity contribution in [3.8, 4) is 10.6 Å². The average Bonchev–Trinajstić information content (AvgIpc) is 3.04. The van der Waals surface area contributed by atoms with Gasteiger partial charge in [-0.1, -0.05) is 0 Å². The Morgan fingerprint density at radius 3 is 2.82 bits per heavy atom. The first kappa shape index (κ1) is 10.4. The van der Waals surface area contributed by atoms with Crippen LogP contribution in [0, 0.1) is 0 Å². The largest absolute Gasteiger partial charge is 0.348 e. The molecule has 1 aliphatic carbocycles. The SMILES string of the molecule is O=C(NC1CC1)c1csc(-c2ccncc2)n1. The fraction of sp³-hybridized carbons (Fsp3) is 0.250. The molecule has 0 aromatic carbocycles. The first-order chi connectivity index (χ1) is 8.33. The summed E-state index contributed by atoms with van der Waals surface area (Å²) in [5.41, 5.74) is 1.50. The molecule has 4 nitrogen and oxygen atoms in total. The van der Waals surface area contributed by atoms with Gasteiger partial charge in [-0.15, -0.1) is 11.3 Å². The second kappa shape index (κ2) is 4.25. The highest BCUT2D eigenvalue weighted by Crippen LogP contribution is 2.24. The quantitative estimate of drug-likeness (QED) is 0.901. The molecule has 3 rings (SSSR count). The number of amides is 1. The molecule has 5 heteroatoms. The second-order valence-electron chi connectivity index (χ2n) is 4.02. The van der Waals surface area contributed by atoms with E-state index in [-0.39, 0.29) is 5.91 Å². The van der Waals surface area contributed by atoms with Crippen molar-refractivity contribution < 1.29 is 4.79 Å². The fourth-order valence-corrected chi connectivity index (χ4v) is 2.30. The van der Waals surface area contributed by atoms with Gasteiger partial charge >= 0.3 is 0 Å². The van der Waals surface area contributed by atoms with Crippen LogP contribution < -0.4 is 5.32 Å². The lowest BCUT2D eigenvalue weighted by atomic mass is 10.3. The molecule has 2 aromatic heterocycles. The Kier molecular flexibility index (Phi) is 2.60. The number of nitrogens with zero attached hydrogens (tertiary/aromatic N) is 2. The van der Waals surface area contributed by atoms with Gasteiger partial charge in [-0.05, 0) is 25.0 Å². The monoisotopic (exact) mass is 245 g/mol. The molecule has 2 heterocycles. The zero-order valence-electron chi connectivity index (χ0n) is 9.09. The number of aromatic nitrogens is 2. The highest BCUT2D eigenvalue weighted by molar-refractivity contribution is 7.13. The van der Waals surface area contributed by atoms with Gasteiger partial charge in [0.05, 0.1) is 0 Å². The number of rotatable bonds is 3. The molecule has 0 spiro atoms. The van der Waals surface area contributed by atoms with Gasteiger partial charge in [0.1, 0.15) is 10.7 Å². The normalized spacial score (nSPS) is 14.6. The summed E-state index contributed by atoms with van der Waals surface area (Å²) in [6, 6.07) is 4.15. The van der Waals surface area contributed by atoms with Gasteiger partial charge in [-0.2, -0.15) is 0 Å². The number of hydrogen-bond acceptors (Lipinski definition) is 4. The summed E-state index contributed by atoms with van der Waals surface area (Å²) < 4.78 is 0. The molecule has 1 aliphatic rings. The molecule has 1 N–H and O–H groups in total. The van der Waals surface area contributed by atoms with Crippen molar-refractivity contribution in [1.29, 1.82) is 0 Å². The summed E-state index contributed by atoms with van der Waals surface area (Å²) in [6.45, 7) is 0. The zero-order valence-corrected chi connectivity index (χ0v) is 9.91. The van der Waals surface area contributed by atoms with E-state index in [9.17, 15) is 4.79 Å². The molecule has 0 bridgehead atoms. The van der Waals surface area contributed by atoms with Crippen LogP contribution in [0.25, 0.3) is 10.6 Å². The third kappa shape index (κ3) is 2.34. The second-order valence-corrected chi connectivity index (χ2v) is 4.88. The minimum absolute atomic E-state index is 0.0657. The number of hydrogen-bond donors (Lipinski definition) is 1. The van der Waals surface area contributed by atoms with Crippen LogP contribution in [0.2, 0.25) is 0 Å². The number of nitrogens with one attached hydrogen (secondary N) is 1. The Balaban J connectivity index is 1.80. The minimum atomic E-state index is -0.0657. The zero-order chi connectivity index (χ0) is 11.7. The lowest BCUT2D eigenvalue weighted by molar-refractivity contribution is 0.0947. The summed E-state index contributed by atoms with van der Waals surface area (Å²) in [6.07, 6.45) is 5.63. The molecule has 0 atom stereocenters. The Labute approximate surface area is 103 Å². The molecule has 1 saturated carbocycles. The van der Waals surface area contributed by atoms with Crippen molar-refractivity contribution in [2.45, 2.75) is 18.9 Å². The minimum Gasteiger partial charge on any atom is -0.348 e. The van der Waals surface area contributed by atoms with E-state index >= 15 is 0 Å². The van der Waals surface area contributed by atoms with Crippen molar-refractivity contribution in [2.75, 3.05) is 0 Å². The van der Waals surface area contributed by atoms with Crippen molar-refractivity contribution >= 4 is 17.2 Å². The molecular weight excluding hydrogens is 234 g/mol. The predicted molar refractivity (Wildman–Crippen MR) is 65.8 cm³/mol. The van der Waals surface area contributed by atoms with Gasteiger partial charge in [-0.3, -0.25) is 9.78 Å². The van der Waals surface area contributed by atoms with Gasteiger partial charge in [0.25, 0.3) is 5.91 Å². The Morgan fingerprint density at radius 1 is 1.35 bits per heavy atom. The maximum atomic E-state index is 11.8. The number of pyridine rings is 1. The molecule has 1 fully saturated rings. The lowest BCUT2D eigenvalue weighted by Crippen LogP contribution is -2.25. The van der Waals surface area contributed by atoms with E-state index in [1.807, 2.05) is 12.1 Å². The molecule has 2 aromatic rings. The lowest BCUT2D eigenvalue weighted by Gasteiger charge is -1.98. The summed E-state index contributed by atoms with van der Waals surface area (Å²) in [5.74, 6) is -0.0657. The van der Waals surface area contributed by atoms with E-state index < -0.39 is 0 Å². The molecule has 0 unspecified atom stereocenters. The van der Waals surface area contributed by atoms with E-state index in [4.69, 9.17) is 0 Å². The van der Waals surface area contributed by atoms with E-state index in [1.165, 1.54) is 11.3 Å². The number of carbonyl (C=O) groups excluding carboxylic acids is 1. The smallest absolute Gasteiger partial charge is 0.270 e.